The number of amides is 1. The first-order valence-corrected chi connectivity index (χ1v) is 10.4. The van der Waals surface area contributed by atoms with Gasteiger partial charge in [0.25, 0.3) is 5.91 Å². The molecular weight excluding hydrogens is 362 g/mol. The molecule has 1 saturated heterocycles. The topological polar surface area (TPSA) is 78.5 Å². The number of halogens is 1. The minimum absolute atomic E-state index is 0. The number of nitrogens with zero attached hydrogens (tertiary/aromatic N) is 1. The number of hydrogen-bond acceptors (Lipinski definition) is 4. The third-order valence-electron chi connectivity index (χ3n) is 4.77. The van der Waals surface area contributed by atoms with Crippen LogP contribution in [0, 0.1) is 5.92 Å². The fourth-order valence-electron chi connectivity index (χ4n) is 3.49. The second-order valence-corrected chi connectivity index (χ2v) is 8.61. The molecule has 2 heterocycles. The second-order valence-electron chi connectivity index (χ2n) is 6.70. The van der Waals surface area contributed by atoms with Gasteiger partial charge in [-0.2, -0.15) is 0 Å². The summed E-state index contributed by atoms with van der Waals surface area (Å²) in [6.45, 7) is 3.20. The maximum Gasteiger partial charge on any atom is 0.251 e. The average molecular weight is 388 g/mol. The lowest BCUT2D eigenvalue weighted by Crippen LogP contribution is -2.38. The summed E-state index contributed by atoms with van der Waals surface area (Å²) in [7, 11) is -3.27. The summed E-state index contributed by atoms with van der Waals surface area (Å²) in [5, 5.41) is 6.35. The van der Waals surface area contributed by atoms with Crippen molar-refractivity contribution in [2.24, 2.45) is 5.92 Å². The van der Waals surface area contributed by atoms with E-state index in [1.54, 1.807) is 12.1 Å². The van der Waals surface area contributed by atoms with E-state index >= 15 is 0 Å². The number of anilines is 1. The van der Waals surface area contributed by atoms with Gasteiger partial charge in [0.2, 0.25) is 10.0 Å². The van der Waals surface area contributed by atoms with E-state index in [0.717, 1.165) is 44.3 Å². The van der Waals surface area contributed by atoms with Gasteiger partial charge in [0, 0.05) is 18.7 Å². The third-order valence-corrected chi connectivity index (χ3v) is 5.95. The van der Waals surface area contributed by atoms with Crippen molar-refractivity contribution in [1.29, 1.82) is 0 Å². The fourth-order valence-corrected chi connectivity index (χ4v) is 4.48. The monoisotopic (exact) mass is 387 g/mol. The Morgan fingerprint density at radius 2 is 2.16 bits per heavy atom. The molecule has 6 nitrogen and oxygen atoms in total. The van der Waals surface area contributed by atoms with Crippen molar-refractivity contribution in [3.63, 3.8) is 0 Å². The molecule has 1 aromatic carbocycles. The fraction of sp³-hybridized carbons (Fsp3) is 0.588. The van der Waals surface area contributed by atoms with E-state index in [1.165, 1.54) is 10.6 Å². The van der Waals surface area contributed by atoms with Crippen molar-refractivity contribution in [2.75, 3.05) is 36.7 Å². The van der Waals surface area contributed by atoms with Gasteiger partial charge in [0.15, 0.2) is 0 Å². The number of carbonyl (C=O) groups excluding carboxylic acids is 1. The minimum atomic E-state index is -3.27. The van der Waals surface area contributed by atoms with Crippen LogP contribution in [0.5, 0.6) is 0 Å². The highest BCUT2D eigenvalue weighted by Gasteiger charge is 2.24. The van der Waals surface area contributed by atoms with E-state index in [1.807, 2.05) is 6.07 Å². The normalized spacial score (nSPS) is 20.4. The van der Waals surface area contributed by atoms with E-state index in [0.29, 0.717) is 30.3 Å². The predicted octanol–water partition coefficient (Wildman–Crippen LogP) is 1.55. The number of rotatable bonds is 4. The predicted molar refractivity (Wildman–Crippen MR) is 102 cm³/mol. The van der Waals surface area contributed by atoms with Crippen molar-refractivity contribution in [3.8, 4) is 0 Å². The van der Waals surface area contributed by atoms with Crippen LogP contribution < -0.4 is 14.9 Å². The summed E-state index contributed by atoms with van der Waals surface area (Å²) in [4.78, 5) is 12.4. The quantitative estimate of drug-likeness (QED) is 0.821. The van der Waals surface area contributed by atoms with E-state index in [4.69, 9.17) is 0 Å². The van der Waals surface area contributed by atoms with Crippen LogP contribution in [0.15, 0.2) is 18.2 Å². The summed E-state index contributed by atoms with van der Waals surface area (Å²) in [6, 6.07) is 5.31. The van der Waals surface area contributed by atoms with Crippen LogP contribution >= 0.6 is 12.4 Å². The molecule has 140 valence electrons. The Kier molecular flexibility index (Phi) is 6.71. The molecule has 0 aromatic heterocycles. The highest BCUT2D eigenvalue weighted by Crippen LogP contribution is 2.29. The molecule has 1 amide bonds. The van der Waals surface area contributed by atoms with Gasteiger partial charge < -0.3 is 10.6 Å². The van der Waals surface area contributed by atoms with Gasteiger partial charge >= 0.3 is 0 Å². The van der Waals surface area contributed by atoms with Gasteiger partial charge in [-0.05, 0) is 68.5 Å². The molecule has 1 atom stereocenters. The van der Waals surface area contributed by atoms with Gasteiger partial charge in [0.05, 0.1) is 11.9 Å². The van der Waals surface area contributed by atoms with Crippen LogP contribution in [0.2, 0.25) is 0 Å². The van der Waals surface area contributed by atoms with Crippen LogP contribution in [0.25, 0.3) is 0 Å². The first-order valence-electron chi connectivity index (χ1n) is 8.55. The van der Waals surface area contributed by atoms with Crippen molar-refractivity contribution in [2.45, 2.75) is 25.7 Å². The molecule has 0 aliphatic carbocycles. The number of hydrogen-bond donors (Lipinski definition) is 2. The van der Waals surface area contributed by atoms with Gasteiger partial charge in [-0.3, -0.25) is 9.10 Å². The molecule has 0 radical (unpaired) electrons. The van der Waals surface area contributed by atoms with Gasteiger partial charge in [0.1, 0.15) is 0 Å². The largest absolute Gasteiger partial charge is 0.352 e. The molecule has 2 N–H and O–H groups in total. The van der Waals surface area contributed by atoms with Crippen LogP contribution in [0.1, 0.15) is 35.2 Å². The molecule has 0 spiro atoms. The molecule has 3 rings (SSSR count). The summed E-state index contributed by atoms with van der Waals surface area (Å²) in [5.41, 5.74) is 2.24. The number of benzene rings is 1. The number of aryl methyl sites for hydroxylation is 1. The van der Waals surface area contributed by atoms with E-state index in [9.17, 15) is 13.2 Å². The first-order chi connectivity index (χ1) is 11.4. The molecule has 0 bridgehead atoms. The number of sulfonamides is 1. The van der Waals surface area contributed by atoms with E-state index in [2.05, 4.69) is 10.6 Å². The highest BCUT2D eigenvalue weighted by atomic mass is 35.5. The van der Waals surface area contributed by atoms with Gasteiger partial charge in [-0.15, -0.1) is 12.4 Å². The van der Waals surface area contributed by atoms with Crippen molar-refractivity contribution < 1.29 is 13.2 Å². The maximum absolute atomic E-state index is 12.4. The smallest absolute Gasteiger partial charge is 0.251 e. The molecule has 1 unspecified atom stereocenters. The van der Waals surface area contributed by atoms with E-state index < -0.39 is 10.0 Å². The number of nitrogens with one attached hydrogen (secondary N) is 2. The maximum atomic E-state index is 12.4. The zero-order valence-corrected chi connectivity index (χ0v) is 16.1. The molecule has 8 heteroatoms. The lowest BCUT2D eigenvalue weighted by Gasteiger charge is -2.29. The average Bonchev–Trinajstić information content (AvgIpc) is 2.58. The lowest BCUT2D eigenvalue weighted by molar-refractivity contribution is 0.0944. The zero-order chi connectivity index (χ0) is 17.2. The molecule has 1 fully saturated rings. The van der Waals surface area contributed by atoms with Crippen molar-refractivity contribution >= 4 is 34.0 Å². The number of fused-ring (bicyclic) bond motifs is 1. The lowest BCUT2D eigenvalue weighted by atomic mass is 9.99. The molecule has 25 heavy (non-hydrogen) atoms. The third kappa shape index (κ3) is 4.86. The Hall–Kier alpha value is -1.31. The van der Waals surface area contributed by atoms with Crippen molar-refractivity contribution in [1.82, 2.24) is 10.6 Å². The Labute approximate surface area is 155 Å². The Balaban J connectivity index is 0.00000225. The van der Waals surface area contributed by atoms with E-state index in [-0.39, 0.29) is 18.3 Å². The molecule has 0 saturated carbocycles. The second kappa shape index (κ2) is 8.38. The van der Waals surface area contributed by atoms with Gasteiger partial charge in [-0.1, -0.05) is 0 Å². The summed E-state index contributed by atoms with van der Waals surface area (Å²) in [6.07, 6.45) is 5.09. The summed E-state index contributed by atoms with van der Waals surface area (Å²) in [5.74, 6) is 0.404. The molecular formula is C17H26ClN3O3S. The Bertz CT molecular complexity index is 718. The van der Waals surface area contributed by atoms with Crippen LogP contribution in [0.3, 0.4) is 0 Å². The Morgan fingerprint density at radius 3 is 2.84 bits per heavy atom. The molecule has 1 aromatic rings. The van der Waals surface area contributed by atoms with Crippen LogP contribution in [-0.2, 0) is 16.4 Å². The SMILES string of the molecule is CS(=O)(=O)N1CCCc2cc(C(=O)NCC3CCCNC3)ccc21.Cl. The van der Waals surface area contributed by atoms with Crippen LogP contribution in [0.4, 0.5) is 5.69 Å². The Morgan fingerprint density at radius 1 is 1.36 bits per heavy atom. The summed E-state index contributed by atoms with van der Waals surface area (Å²) >= 11 is 0. The zero-order valence-electron chi connectivity index (χ0n) is 14.5. The van der Waals surface area contributed by atoms with Gasteiger partial charge in [-0.25, -0.2) is 8.42 Å². The van der Waals surface area contributed by atoms with Crippen molar-refractivity contribution in [3.05, 3.63) is 29.3 Å². The number of carbonyl (C=O) groups is 1. The highest BCUT2D eigenvalue weighted by molar-refractivity contribution is 7.92. The summed E-state index contributed by atoms with van der Waals surface area (Å²) < 4.78 is 25.2. The molecule has 2 aliphatic heterocycles. The number of piperidine rings is 1. The first kappa shape index (κ1) is 20.0. The minimum Gasteiger partial charge on any atom is -0.352 e. The standard InChI is InChI=1S/C17H25N3O3S.ClH/c1-24(22,23)20-9-3-5-14-10-15(6-7-16(14)20)17(21)19-12-13-4-2-8-18-11-13;/h6-7,10,13,18H,2-5,8-9,11-12H2,1H3,(H,19,21);1H. The molecule has 2 aliphatic rings. The van der Waals surface area contributed by atoms with Crippen LogP contribution in [-0.4, -0.2) is 46.8 Å².